The van der Waals surface area contributed by atoms with E-state index in [0.717, 1.165) is 38.3 Å². The highest BCUT2D eigenvalue weighted by Gasteiger charge is 2.19. The van der Waals surface area contributed by atoms with Crippen LogP contribution in [0.5, 0.6) is 0 Å². The second kappa shape index (κ2) is 6.52. The molecule has 2 aromatic rings. The van der Waals surface area contributed by atoms with Gasteiger partial charge >= 0.3 is 0 Å². The van der Waals surface area contributed by atoms with Crippen LogP contribution in [-0.4, -0.2) is 33.4 Å². The SMILES string of the molecule is Clc1ccc(NC2CCN(Cc3ccns3)CC2)nc1. The summed E-state index contributed by atoms with van der Waals surface area (Å²) in [5.41, 5.74) is 0. The Balaban J connectivity index is 1.47. The van der Waals surface area contributed by atoms with Gasteiger partial charge in [0.05, 0.1) is 5.02 Å². The molecule has 4 nitrogen and oxygen atoms in total. The number of hydrogen-bond acceptors (Lipinski definition) is 5. The molecule has 1 saturated heterocycles. The van der Waals surface area contributed by atoms with Crippen molar-refractivity contribution in [2.24, 2.45) is 0 Å². The molecule has 0 radical (unpaired) electrons. The number of aromatic nitrogens is 2. The first kappa shape index (κ1) is 13.8. The Morgan fingerprint density at radius 1 is 1.30 bits per heavy atom. The average Bonchev–Trinajstić information content (AvgIpc) is 2.96. The summed E-state index contributed by atoms with van der Waals surface area (Å²) in [4.78, 5) is 8.12. The normalized spacial score (nSPS) is 17.2. The minimum Gasteiger partial charge on any atom is -0.367 e. The van der Waals surface area contributed by atoms with Gasteiger partial charge in [-0.1, -0.05) is 11.6 Å². The molecule has 0 spiro atoms. The number of nitrogens with one attached hydrogen (secondary N) is 1. The van der Waals surface area contributed by atoms with Gasteiger partial charge in [0.15, 0.2) is 0 Å². The molecule has 0 bridgehead atoms. The first-order chi connectivity index (χ1) is 9.79. The van der Waals surface area contributed by atoms with E-state index in [-0.39, 0.29) is 0 Å². The fourth-order valence-electron chi connectivity index (χ4n) is 2.45. The Bertz CT molecular complexity index is 521. The van der Waals surface area contributed by atoms with Crippen LogP contribution in [0.1, 0.15) is 17.7 Å². The van der Waals surface area contributed by atoms with Crippen LogP contribution in [0.4, 0.5) is 5.82 Å². The van der Waals surface area contributed by atoms with Crippen molar-refractivity contribution < 1.29 is 0 Å². The minimum atomic E-state index is 0.501. The van der Waals surface area contributed by atoms with E-state index >= 15 is 0 Å². The van der Waals surface area contributed by atoms with Crippen LogP contribution in [0.2, 0.25) is 5.02 Å². The predicted molar refractivity (Wildman–Crippen MR) is 83.3 cm³/mol. The van der Waals surface area contributed by atoms with Gasteiger partial charge in [-0.2, -0.15) is 0 Å². The van der Waals surface area contributed by atoms with Gasteiger partial charge in [0, 0.05) is 42.9 Å². The lowest BCUT2D eigenvalue weighted by molar-refractivity contribution is 0.213. The van der Waals surface area contributed by atoms with E-state index < -0.39 is 0 Å². The highest BCUT2D eigenvalue weighted by atomic mass is 35.5. The van der Waals surface area contributed by atoms with E-state index in [1.807, 2.05) is 18.3 Å². The van der Waals surface area contributed by atoms with E-state index in [2.05, 4.69) is 25.6 Å². The number of hydrogen-bond donors (Lipinski definition) is 1. The standard InChI is InChI=1S/C14H17ClN4S/c15-11-1-2-14(16-9-11)18-12-4-7-19(8-5-12)10-13-3-6-17-20-13/h1-3,6,9,12H,4-5,7-8,10H2,(H,16,18). The lowest BCUT2D eigenvalue weighted by Crippen LogP contribution is -2.38. The van der Waals surface area contributed by atoms with E-state index in [4.69, 9.17) is 11.6 Å². The van der Waals surface area contributed by atoms with Crippen molar-refractivity contribution in [3.05, 3.63) is 40.5 Å². The second-order valence-corrected chi connectivity index (χ2v) is 6.39. The Hall–Kier alpha value is -1.17. The van der Waals surface area contributed by atoms with Crippen LogP contribution in [0.15, 0.2) is 30.6 Å². The molecule has 0 unspecified atom stereocenters. The lowest BCUT2D eigenvalue weighted by Gasteiger charge is -2.32. The smallest absolute Gasteiger partial charge is 0.126 e. The lowest BCUT2D eigenvalue weighted by atomic mass is 10.1. The summed E-state index contributed by atoms with van der Waals surface area (Å²) in [6.45, 7) is 3.25. The third-order valence-corrected chi connectivity index (χ3v) is 4.49. The quantitative estimate of drug-likeness (QED) is 0.941. The van der Waals surface area contributed by atoms with Crippen LogP contribution in [0.25, 0.3) is 0 Å². The van der Waals surface area contributed by atoms with Crippen molar-refractivity contribution in [2.75, 3.05) is 18.4 Å². The van der Waals surface area contributed by atoms with E-state index in [9.17, 15) is 0 Å². The number of halogens is 1. The van der Waals surface area contributed by atoms with Crippen LogP contribution in [0.3, 0.4) is 0 Å². The van der Waals surface area contributed by atoms with Gasteiger partial charge in [0.2, 0.25) is 0 Å². The molecule has 20 heavy (non-hydrogen) atoms. The molecule has 106 valence electrons. The van der Waals surface area contributed by atoms with Gasteiger partial charge in [-0.25, -0.2) is 9.36 Å². The zero-order valence-corrected chi connectivity index (χ0v) is 12.7. The maximum Gasteiger partial charge on any atom is 0.126 e. The summed E-state index contributed by atoms with van der Waals surface area (Å²) < 4.78 is 4.15. The second-order valence-electron chi connectivity index (χ2n) is 5.04. The van der Waals surface area contributed by atoms with Crippen molar-refractivity contribution in [2.45, 2.75) is 25.4 Å². The van der Waals surface area contributed by atoms with Crippen LogP contribution in [-0.2, 0) is 6.54 Å². The first-order valence-electron chi connectivity index (χ1n) is 6.79. The van der Waals surface area contributed by atoms with Crippen molar-refractivity contribution in [3.63, 3.8) is 0 Å². The molecule has 2 aromatic heterocycles. The predicted octanol–water partition coefficient (Wildman–Crippen LogP) is 3.27. The molecule has 1 N–H and O–H groups in total. The molecule has 0 atom stereocenters. The molecule has 3 rings (SSSR count). The van der Waals surface area contributed by atoms with E-state index in [1.165, 1.54) is 4.88 Å². The molecule has 1 aliphatic rings. The maximum absolute atomic E-state index is 5.84. The molecule has 6 heteroatoms. The van der Waals surface area contributed by atoms with Gasteiger partial charge in [-0.05, 0) is 42.6 Å². The monoisotopic (exact) mass is 308 g/mol. The third-order valence-electron chi connectivity index (χ3n) is 3.54. The molecule has 3 heterocycles. The van der Waals surface area contributed by atoms with Gasteiger partial charge in [0.25, 0.3) is 0 Å². The Morgan fingerprint density at radius 3 is 2.80 bits per heavy atom. The summed E-state index contributed by atoms with van der Waals surface area (Å²) in [5, 5.41) is 4.16. The number of anilines is 1. The summed E-state index contributed by atoms with van der Waals surface area (Å²) in [6, 6.07) is 6.41. The van der Waals surface area contributed by atoms with Gasteiger partial charge in [-0.15, -0.1) is 0 Å². The van der Waals surface area contributed by atoms with Crippen LogP contribution < -0.4 is 5.32 Å². The topological polar surface area (TPSA) is 41.0 Å². The number of likely N-dealkylation sites (tertiary alicyclic amines) is 1. The van der Waals surface area contributed by atoms with Crippen molar-refractivity contribution in [1.29, 1.82) is 0 Å². The Morgan fingerprint density at radius 2 is 2.15 bits per heavy atom. The highest BCUT2D eigenvalue weighted by molar-refractivity contribution is 7.05. The Labute approximate surface area is 128 Å². The van der Waals surface area contributed by atoms with Crippen LogP contribution >= 0.6 is 23.1 Å². The van der Waals surface area contributed by atoms with Gasteiger partial charge in [0.1, 0.15) is 5.82 Å². The summed E-state index contributed by atoms with van der Waals surface area (Å²) in [6.07, 6.45) is 5.84. The molecule has 0 aliphatic carbocycles. The zero-order valence-electron chi connectivity index (χ0n) is 11.1. The number of nitrogens with zero attached hydrogens (tertiary/aromatic N) is 3. The van der Waals surface area contributed by atoms with Crippen molar-refractivity contribution in [1.82, 2.24) is 14.3 Å². The van der Waals surface area contributed by atoms with Gasteiger partial charge < -0.3 is 5.32 Å². The van der Waals surface area contributed by atoms with Crippen LogP contribution in [0, 0.1) is 0 Å². The van der Waals surface area contributed by atoms with Crippen molar-refractivity contribution in [3.8, 4) is 0 Å². The van der Waals surface area contributed by atoms with Gasteiger partial charge in [-0.3, -0.25) is 4.90 Å². The highest BCUT2D eigenvalue weighted by Crippen LogP contribution is 2.18. The molecular formula is C14H17ClN4S. The number of pyridine rings is 1. The number of rotatable bonds is 4. The molecule has 0 amide bonds. The maximum atomic E-state index is 5.84. The molecule has 1 aliphatic heterocycles. The summed E-state index contributed by atoms with van der Waals surface area (Å²) in [7, 11) is 0. The minimum absolute atomic E-state index is 0.501. The van der Waals surface area contributed by atoms with E-state index in [0.29, 0.717) is 11.1 Å². The van der Waals surface area contributed by atoms with E-state index in [1.54, 1.807) is 17.7 Å². The first-order valence-corrected chi connectivity index (χ1v) is 7.95. The third kappa shape index (κ3) is 3.69. The summed E-state index contributed by atoms with van der Waals surface area (Å²) >= 11 is 7.43. The Kier molecular flexibility index (Phi) is 4.50. The fourth-order valence-corrected chi connectivity index (χ4v) is 3.18. The summed E-state index contributed by atoms with van der Waals surface area (Å²) in [5.74, 6) is 0.912. The molecular weight excluding hydrogens is 292 g/mol. The molecule has 0 saturated carbocycles. The number of piperidine rings is 1. The fraction of sp³-hybridized carbons (Fsp3) is 0.429. The molecule has 1 fully saturated rings. The largest absolute Gasteiger partial charge is 0.367 e. The molecule has 0 aromatic carbocycles. The average molecular weight is 309 g/mol. The van der Waals surface area contributed by atoms with Crippen molar-refractivity contribution >= 4 is 29.0 Å². The zero-order chi connectivity index (χ0) is 13.8.